The molecule has 4 heterocycles. The Hall–Kier alpha value is -3.78. The number of anilines is 1. The van der Waals surface area contributed by atoms with Gasteiger partial charge in [0.2, 0.25) is 5.88 Å². The molecular weight excluding hydrogens is 505 g/mol. The van der Waals surface area contributed by atoms with E-state index < -0.39 is 40.6 Å². The fourth-order valence-electron chi connectivity index (χ4n) is 4.22. The SMILES string of the molecule is N[C@]12CCn3c(cc(OCc4cc(F)c(Oc5ccc(C(F)(F)F)nc5)c(F)c4)nc3=O)N1CCOC2. The smallest absolute Gasteiger partial charge is 0.433 e. The zero-order chi connectivity index (χ0) is 26.4. The van der Waals surface area contributed by atoms with Crippen molar-refractivity contribution >= 4 is 5.82 Å². The number of hydrogen-bond acceptors (Lipinski definition) is 8. The fourth-order valence-corrected chi connectivity index (χ4v) is 4.22. The molecule has 5 rings (SSSR count). The lowest BCUT2D eigenvalue weighted by molar-refractivity contribution is -0.141. The van der Waals surface area contributed by atoms with E-state index in [0.717, 1.165) is 18.2 Å². The fraction of sp³-hybridized carbons (Fsp3) is 0.348. The molecule has 1 fully saturated rings. The van der Waals surface area contributed by atoms with Gasteiger partial charge < -0.3 is 24.8 Å². The average molecular weight is 525 g/mol. The Bertz CT molecular complexity index is 1360. The zero-order valence-electron chi connectivity index (χ0n) is 19.1. The molecule has 2 N–H and O–H groups in total. The summed E-state index contributed by atoms with van der Waals surface area (Å²) in [6, 6.07) is 4.95. The van der Waals surface area contributed by atoms with Crippen molar-refractivity contribution in [1.29, 1.82) is 0 Å². The minimum Gasteiger partial charge on any atom is -0.473 e. The first kappa shape index (κ1) is 24.9. The van der Waals surface area contributed by atoms with Crippen LogP contribution in [0.5, 0.6) is 17.4 Å². The first-order valence-electron chi connectivity index (χ1n) is 11.1. The van der Waals surface area contributed by atoms with Crippen LogP contribution in [0.3, 0.4) is 0 Å². The predicted octanol–water partition coefficient (Wildman–Crippen LogP) is 3.20. The predicted molar refractivity (Wildman–Crippen MR) is 118 cm³/mol. The van der Waals surface area contributed by atoms with Crippen molar-refractivity contribution in [2.45, 2.75) is 31.4 Å². The third kappa shape index (κ3) is 4.93. The third-order valence-electron chi connectivity index (χ3n) is 6.05. The second-order valence-electron chi connectivity index (χ2n) is 8.60. The molecule has 2 aromatic heterocycles. The summed E-state index contributed by atoms with van der Waals surface area (Å²) >= 11 is 0. The van der Waals surface area contributed by atoms with Crippen LogP contribution in [0.15, 0.2) is 41.3 Å². The Morgan fingerprint density at radius 1 is 1.14 bits per heavy atom. The van der Waals surface area contributed by atoms with Crippen molar-refractivity contribution in [3.05, 3.63) is 69.9 Å². The second kappa shape index (κ2) is 9.27. The van der Waals surface area contributed by atoms with E-state index in [0.29, 0.717) is 50.8 Å². The summed E-state index contributed by atoms with van der Waals surface area (Å²) in [5.41, 5.74) is 4.02. The quantitative estimate of drug-likeness (QED) is 0.507. The van der Waals surface area contributed by atoms with Crippen molar-refractivity contribution in [2.24, 2.45) is 5.73 Å². The van der Waals surface area contributed by atoms with Crippen LogP contribution in [-0.2, 0) is 24.1 Å². The van der Waals surface area contributed by atoms with Crippen molar-refractivity contribution < 1.29 is 36.2 Å². The number of halogens is 5. The van der Waals surface area contributed by atoms with Gasteiger partial charge in [0.15, 0.2) is 17.4 Å². The first-order chi connectivity index (χ1) is 17.5. The van der Waals surface area contributed by atoms with Crippen LogP contribution in [0.25, 0.3) is 0 Å². The summed E-state index contributed by atoms with van der Waals surface area (Å²) < 4.78 is 84.7. The Kier molecular flexibility index (Phi) is 6.23. The van der Waals surface area contributed by atoms with E-state index in [1.807, 2.05) is 4.90 Å². The molecule has 0 unspecified atom stereocenters. The highest BCUT2D eigenvalue weighted by atomic mass is 19.4. The molecule has 2 aliphatic heterocycles. The molecule has 0 saturated carbocycles. The summed E-state index contributed by atoms with van der Waals surface area (Å²) in [4.78, 5) is 21.5. The molecule has 3 aromatic rings. The number of morpholine rings is 1. The van der Waals surface area contributed by atoms with E-state index in [-0.39, 0.29) is 23.8 Å². The standard InChI is InChI=1S/C23H20F5N5O4/c24-15-7-13(8-16(25)20(15)37-14-1-2-17(30-10-14)23(26,27)28)11-36-18-9-19-32(21(34)31-18)4-3-22(29)12-35-6-5-33(19)22/h1-2,7-10H,3-6,11-12,29H2/t22-/m1/s1. The molecule has 0 radical (unpaired) electrons. The zero-order valence-corrected chi connectivity index (χ0v) is 19.1. The van der Waals surface area contributed by atoms with Gasteiger partial charge >= 0.3 is 11.9 Å². The Balaban J connectivity index is 1.32. The summed E-state index contributed by atoms with van der Waals surface area (Å²) in [6.07, 6.45) is -3.45. The molecular formula is C23H20F5N5O4. The maximum Gasteiger partial charge on any atom is 0.433 e. The lowest BCUT2D eigenvalue weighted by atomic mass is 10.0. The molecule has 0 amide bonds. The van der Waals surface area contributed by atoms with E-state index in [2.05, 4.69) is 9.97 Å². The van der Waals surface area contributed by atoms with Gasteiger partial charge in [-0.05, 0) is 29.8 Å². The summed E-state index contributed by atoms with van der Waals surface area (Å²) in [6.45, 7) is 1.22. The van der Waals surface area contributed by atoms with E-state index >= 15 is 0 Å². The number of rotatable bonds is 5. The van der Waals surface area contributed by atoms with E-state index in [4.69, 9.17) is 19.9 Å². The van der Waals surface area contributed by atoms with Crippen LogP contribution in [-0.4, -0.2) is 40.0 Å². The van der Waals surface area contributed by atoms with E-state index in [1.54, 1.807) is 0 Å². The topological polar surface area (TPSA) is 105 Å². The van der Waals surface area contributed by atoms with Crippen LogP contribution < -0.4 is 25.8 Å². The largest absolute Gasteiger partial charge is 0.473 e. The molecule has 0 spiro atoms. The highest BCUT2D eigenvalue weighted by Gasteiger charge is 2.41. The Morgan fingerprint density at radius 2 is 1.89 bits per heavy atom. The lowest BCUT2D eigenvalue weighted by Gasteiger charge is -2.49. The van der Waals surface area contributed by atoms with Crippen LogP contribution >= 0.6 is 0 Å². The normalized spacial score (nSPS) is 19.2. The number of hydrogen-bond donors (Lipinski definition) is 1. The van der Waals surface area contributed by atoms with Crippen molar-refractivity contribution in [2.75, 3.05) is 24.7 Å². The van der Waals surface area contributed by atoms with Crippen LogP contribution in [0, 0.1) is 11.6 Å². The van der Waals surface area contributed by atoms with Gasteiger partial charge in [-0.3, -0.25) is 4.57 Å². The molecule has 37 heavy (non-hydrogen) atoms. The number of benzene rings is 1. The van der Waals surface area contributed by atoms with Gasteiger partial charge in [-0.15, -0.1) is 0 Å². The summed E-state index contributed by atoms with van der Waals surface area (Å²) in [5, 5.41) is 0. The Morgan fingerprint density at radius 3 is 2.57 bits per heavy atom. The molecule has 196 valence electrons. The minimum atomic E-state index is -4.66. The maximum absolute atomic E-state index is 14.6. The summed E-state index contributed by atoms with van der Waals surface area (Å²) in [5.74, 6) is -2.87. The first-order valence-corrected chi connectivity index (χ1v) is 11.1. The number of nitrogens with two attached hydrogens (primary N) is 1. The van der Waals surface area contributed by atoms with Gasteiger partial charge in [0.25, 0.3) is 0 Å². The van der Waals surface area contributed by atoms with Crippen molar-refractivity contribution in [1.82, 2.24) is 14.5 Å². The third-order valence-corrected chi connectivity index (χ3v) is 6.05. The number of pyridine rings is 1. The van der Waals surface area contributed by atoms with Crippen LogP contribution in [0.4, 0.5) is 27.8 Å². The van der Waals surface area contributed by atoms with Gasteiger partial charge in [0.1, 0.15) is 29.5 Å². The van der Waals surface area contributed by atoms with Gasteiger partial charge in [-0.2, -0.15) is 18.2 Å². The number of ether oxygens (including phenoxy) is 3. The molecule has 1 atom stereocenters. The molecule has 1 aromatic carbocycles. The molecule has 9 nitrogen and oxygen atoms in total. The summed E-state index contributed by atoms with van der Waals surface area (Å²) in [7, 11) is 0. The molecule has 2 aliphatic rings. The van der Waals surface area contributed by atoms with E-state index in [9.17, 15) is 26.7 Å². The molecule has 0 bridgehead atoms. The highest BCUT2D eigenvalue weighted by Crippen LogP contribution is 2.33. The van der Waals surface area contributed by atoms with Crippen molar-refractivity contribution in [3.63, 3.8) is 0 Å². The Labute approximate surface area is 206 Å². The van der Waals surface area contributed by atoms with E-state index in [1.165, 1.54) is 10.6 Å². The van der Waals surface area contributed by atoms with Crippen LogP contribution in [0.2, 0.25) is 0 Å². The monoisotopic (exact) mass is 525 g/mol. The molecule has 14 heteroatoms. The van der Waals surface area contributed by atoms with Gasteiger partial charge in [-0.1, -0.05) is 0 Å². The maximum atomic E-state index is 14.6. The van der Waals surface area contributed by atoms with Gasteiger partial charge in [0, 0.05) is 25.6 Å². The van der Waals surface area contributed by atoms with Crippen LogP contribution in [0.1, 0.15) is 17.7 Å². The van der Waals surface area contributed by atoms with Crippen molar-refractivity contribution in [3.8, 4) is 17.4 Å². The number of aromatic nitrogens is 3. The number of alkyl halides is 3. The highest BCUT2D eigenvalue weighted by molar-refractivity contribution is 5.47. The number of nitrogens with zero attached hydrogens (tertiary/aromatic N) is 4. The second-order valence-corrected chi connectivity index (χ2v) is 8.60. The molecule has 0 aliphatic carbocycles. The van der Waals surface area contributed by atoms with Gasteiger partial charge in [-0.25, -0.2) is 18.6 Å². The average Bonchev–Trinajstić information content (AvgIpc) is 2.84. The minimum absolute atomic E-state index is 0.0519. The number of fused-ring (bicyclic) bond motifs is 3. The van der Waals surface area contributed by atoms with Gasteiger partial charge in [0.05, 0.1) is 19.4 Å². The molecule has 1 saturated heterocycles. The lowest BCUT2D eigenvalue weighted by Crippen LogP contribution is -2.66.